The molecule has 1 saturated heterocycles. The Kier molecular flexibility index (Phi) is 3.36. The van der Waals surface area contributed by atoms with Crippen LogP contribution in [0, 0.1) is 0 Å². The van der Waals surface area contributed by atoms with Crippen molar-refractivity contribution in [1.82, 2.24) is 10.2 Å². The fourth-order valence-corrected chi connectivity index (χ4v) is 1.49. The van der Waals surface area contributed by atoms with Crippen LogP contribution in [0.1, 0.15) is 19.3 Å². The summed E-state index contributed by atoms with van der Waals surface area (Å²) < 4.78 is 0. The molecule has 0 aromatic rings. The van der Waals surface area contributed by atoms with Crippen LogP contribution in [0.25, 0.3) is 0 Å². The number of carbonyl (C=O) groups is 1. The lowest BCUT2D eigenvalue weighted by Gasteiger charge is -2.22. The lowest BCUT2D eigenvalue weighted by Crippen LogP contribution is -2.31. The summed E-state index contributed by atoms with van der Waals surface area (Å²) in [5.41, 5.74) is 0. The summed E-state index contributed by atoms with van der Waals surface area (Å²) in [4.78, 5) is 12.2. The number of amides is 1. The third-order valence-electron chi connectivity index (χ3n) is 2.29. The highest BCUT2D eigenvalue weighted by Gasteiger charge is 2.14. The van der Waals surface area contributed by atoms with Crippen molar-refractivity contribution >= 4 is 6.41 Å². The highest BCUT2D eigenvalue weighted by atomic mass is 16.1. The molecule has 0 spiro atoms. The summed E-state index contributed by atoms with van der Waals surface area (Å²) >= 11 is 0. The smallest absolute Gasteiger partial charge is 0.209 e. The van der Waals surface area contributed by atoms with Gasteiger partial charge in [0.2, 0.25) is 6.41 Å². The number of carbonyl (C=O) groups excluding carboxylic acids is 1. The molecule has 3 heteroatoms. The fourth-order valence-electron chi connectivity index (χ4n) is 1.49. The van der Waals surface area contributed by atoms with E-state index in [9.17, 15) is 4.79 Å². The predicted molar refractivity (Wildman–Crippen MR) is 44.3 cm³/mol. The van der Waals surface area contributed by atoms with Crippen LogP contribution in [0.5, 0.6) is 0 Å². The first kappa shape index (κ1) is 8.53. The van der Waals surface area contributed by atoms with Gasteiger partial charge in [-0.1, -0.05) is 0 Å². The molecule has 0 aliphatic carbocycles. The Balaban J connectivity index is 2.35. The van der Waals surface area contributed by atoms with Gasteiger partial charge in [0.1, 0.15) is 0 Å². The van der Waals surface area contributed by atoms with Crippen molar-refractivity contribution in [2.24, 2.45) is 0 Å². The van der Waals surface area contributed by atoms with Gasteiger partial charge < -0.3 is 10.2 Å². The van der Waals surface area contributed by atoms with E-state index in [4.69, 9.17) is 0 Å². The Morgan fingerprint density at radius 2 is 2.27 bits per heavy atom. The Morgan fingerprint density at radius 1 is 1.45 bits per heavy atom. The highest BCUT2D eigenvalue weighted by Crippen LogP contribution is 2.09. The van der Waals surface area contributed by atoms with Crippen LogP contribution in [-0.2, 0) is 4.79 Å². The van der Waals surface area contributed by atoms with Gasteiger partial charge in [-0.25, -0.2) is 0 Å². The summed E-state index contributed by atoms with van der Waals surface area (Å²) in [6.45, 7) is 2.14. The zero-order chi connectivity index (χ0) is 8.10. The number of hydrogen-bond donors (Lipinski definition) is 1. The highest BCUT2D eigenvalue weighted by molar-refractivity contribution is 5.46. The Labute approximate surface area is 67.8 Å². The molecule has 64 valence electrons. The molecule has 1 atom stereocenters. The molecule has 0 bridgehead atoms. The Hall–Kier alpha value is -0.570. The third-order valence-corrected chi connectivity index (χ3v) is 2.29. The van der Waals surface area contributed by atoms with Gasteiger partial charge in [0.25, 0.3) is 0 Å². The SMILES string of the molecule is CN(C=O)C1CCCNCC1. The first-order chi connectivity index (χ1) is 5.34. The van der Waals surface area contributed by atoms with E-state index >= 15 is 0 Å². The molecule has 3 nitrogen and oxygen atoms in total. The molecule has 1 aliphatic heterocycles. The summed E-state index contributed by atoms with van der Waals surface area (Å²) in [5, 5.41) is 3.31. The minimum Gasteiger partial charge on any atom is -0.345 e. The fraction of sp³-hybridized carbons (Fsp3) is 0.875. The van der Waals surface area contributed by atoms with Crippen LogP contribution in [-0.4, -0.2) is 37.5 Å². The van der Waals surface area contributed by atoms with Crippen LogP contribution >= 0.6 is 0 Å². The topological polar surface area (TPSA) is 32.3 Å². The average molecular weight is 156 g/mol. The first-order valence-corrected chi connectivity index (χ1v) is 4.22. The quantitative estimate of drug-likeness (QED) is 0.580. The molecule has 1 unspecified atom stereocenters. The molecule has 0 aromatic heterocycles. The van der Waals surface area contributed by atoms with Crippen molar-refractivity contribution in [2.75, 3.05) is 20.1 Å². The van der Waals surface area contributed by atoms with E-state index in [1.165, 1.54) is 6.42 Å². The second kappa shape index (κ2) is 4.34. The van der Waals surface area contributed by atoms with Crippen molar-refractivity contribution in [3.8, 4) is 0 Å². The van der Waals surface area contributed by atoms with Gasteiger partial charge in [0.15, 0.2) is 0 Å². The third kappa shape index (κ3) is 2.50. The van der Waals surface area contributed by atoms with Crippen molar-refractivity contribution in [3.63, 3.8) is 0 Å². The second-order valence-corrected chi connectivity index (χ2v) is 3.11. The van der Waals surface area contributed by atoms with Crippen LogP contribution in [0.4, 0.5) is 0 Å². The van der Waals surface area contributed by atoms with Crippen LogP contribution in [0.2, 0.25) is 0 Å². The summed E-state index contributed by atoms with van der Waals surface area (Å²) in [6, 6.07) is 0.461. The van der Waals surface area contributed by atoms with E-state index in [1.807, 2.05) is 7.05 Å². The molecule has 0 saturated carbocycles. The largest absolute Gasteiger partial charge is 0.345 e. The van der Waals surface area contributed by atoms with E-state index in [2.05, 4.69) is 5.32 Å². The van der Waals surface area contributed by atoms with Crippen LogP contribution in [0.3, 0.4) is 0 Å². The molecule has 1 heterocycles. The van der Waals surface area contributed by atoms with Crippen LogP contribution < -0.4 is 5.32 Å². The van der Waals surface area contributed by atoms with Gasteiger partial charge in [-0.15, -0.1) is 0 Å². The summed E-state index contributed by atoms with van der Waals surface area (Å²) in [5.74, 6) is 0. The monoisotopic (exact) mass is 156 g/mol. The first-order valence-electron chi connectivity index (χ1n) is 4.22. The molecule has 0 radical (unpaired) electrons. The lowest BCUT2D eigenvalue weighted by molar-refractivity contribution is -0.118. The maximum atomic E-state index is 10.4. The van der Waals surface area contributed by atoms with Crippen molar-refractivity contribution < 1.29 is 4.79 Å². The Morgan fingerprint density at radius 3 is 3.00 bits per heavy atom. The van der Waals surface area contributed by atoms with E-state index in [1.54, 1.807) is 4.90 Å². The average Bonchev–Trinajstić information content (AvgIpc) is 2.30. The van der Waals surface area contributed by atoms with Gasteiger partial charge in [-0.05, 0) is 32.4 Å². The van der Waals surface area contributed by atoms with E-state index in [0.29, 0.717) is 6.04 Å². The lowest BCUT2D eigenvalue weighted by atomic mass is 10.1. The van der Waals surface area contributed by atoms with Gasteiger partial charge in [0.05, 0.1) is 0 Å². The standard InChI is InChI=1S/C8H16N2O/c1-10(7-11)8-3-2-5-9-6-4-8/h7-9H,2-6H2,1H3. The molecule has 1 amide bonds. The molecule has 0 aromatic carbocycles. The summed E-state index contributed by atoms with van der Waals surface area (Å²) in [7, 11) is 1.86. The Bertz CT molecular complexity index is 119. The maximum Gasteiger partial charge on any atom is 0.209 e. The zero-order valence-electron chi connectivity index (χ0n) is 7.05. The number of nitrogens with zero attached hydrogens (tertiary/aromatic N) is 1. The summed E-state index contributed by atoms with van der Waals surface area (Å²) in [6.07, 6.45) is 4.34. The predicted octanol–water partition coefficient (Wildman–Crippen LogP) is 0.217. The van der Waals surface area contributed by atoms with Crippen LogP contribution in [0.15, 0.2) is 0 Å². The molecule has 1 aliphatic rings. The normalized spacial score (nSPS) is 25.7. The minimum absolute atomic E-state index is 0.461. The molecule has 1 rings (SSSR count). The van der Waals surface area contributed by atoms with Crippen molar-refractivity contribution in [1.29, 1.82) is 0 Å². The van der Waals surface area contributed by atoms with E-state index in [-0.39, 0.29) is 0 Å². The second-order valence-electron chi connectivity index (χ2n) is 3.11. The van der Waals surface area contributed by atoms with E-state index in [0.717, 1.165) is 32.3 Å². The van der Waals surface area contributed by atoms with Gasteiger partial charge in [0, 0.05) is 13.1 Å². The molecule has 1 N–H and O–H groups in total. The minimum atomic E-state index is 0.461. The van der Waals surface area contributed by atoms with Crippen molar-refractivity contribution in [3.05, 3.63) is 0 Å². The molecular formula is C8H16N2O. The molecule has 1 fully saturated rings. The van der Waals surface area contributed by atoms with E-state index < -0.39 is 0 Å². The zero-order valence-corrected chi connectivity index (χ0v) is 7.05. The van der Waals surface area contributed by atoms with Gasteiger partial charge >= 0.3 is 0 Å². The maximum absolute atomic E-state index is 10.4. The van der Waals surface area contributed by atoms with Gasteiger partial charge in [-0.3, -0.25) is 4.79 Å². The molecular weight excluding hydrogens is 140 g/mol. The van der Waals surface area contributed by atoms with Crippen molar-refractivity contribution in [2.45, 2.75) is 25.3 Å². The number of rotatable bonds is 2. The molecule has 11 heavy (non-hydrogen) atoms. The van der Waals surface area contributed by atoms with Gasteiger partial charge in [-0.2, -0.15) is 0 Å². The number of nitrogens with one attached hydrogen (secondary N) is 1. The number of hydrogen-bond acceptors (Lipinski definition) is 2.